The third-order valence-electron chi connectivity index (χ3n) is 5.68. The molecule has 0 rings (SSSR count). The lowest BCUT2D eigenvalue weighted by atomic mass is 9.91. The van der Waals surface area contributed by atoms with Crippen molar-refractivity contribution in [1.29, 1.82) is 0 Å². The highest BCUT2D eigenvalue weighted by atomic mass is 32.2. The summed E-state index contributed by atoms with van der Waals surface area (Å²) in [5.41, 5.74) is 0. The van der Waals surface area contributed by atoms with Crippen LogP contribution in [0.25, 0.3) is 0 Å². The maximum Gasteiger partial charge on any atom is 0.460 e. The van der Waals surface area contributed by atoms with Crippen LogP contribution in [0.5, 0.6) is 0 Å². The van der Waals surface area contributed by atoms with Gasteiger partial charge in [0.1, 0.15) is 0 Å². The summed E-state index contributed by atoms with van der Waals surface area (Å²) in [6.45, 7) is 0. The Morgan fingerprint density at radius 1 is 0.157 bits per heavy atom. The number of halogens is 34. The fourth-order valence-electron chi connectivity index (χ4n) is 2.74. The lowest BCUT2D eigenvalue weighted by Gasteiger charge is -2.47. The minimum absolute atomic E-state index is 5.66. The normalized spacial score (nSPS) is 19.2. The summed E-state index contributed by atoms with van der Waals surface area (Å²) >= 11 is -5.66. The van der Waals surface area contributed by atoms with Crippen LogP contribution in [0.3, 0.4) is 0 Å². The molecule has 0 aromatic rings. The number of hydrogen-bond donors (Lipinski definition) is 0. The highest BCUT2D eigenvalue weighted by Gasteiger charge is 2.99. The Morgan fingerprint density at radius 2 is 0.294 bits per heavy atom. The molecule has 0 N–H and O–H groups in total. The predicted molar refractivity (Wildman–Crippen MR) is 89.0 cm³/mol. The zero-order chi connectivity index (χ0) is 42.7. The summed E-state index contributed by atoms with van der Waals surface area (Å²) in [6.07, 6.45) is -35.4. The molecule has 0 heterocycles. The molecule has 0 fully saturated rings. The van der Waals surface area contributed by atoms with Crippen molar-refractivity contribution in [2.75, 3.05) is 0 Å². The molecule has 308 valence electrons. The van der Waals surface area contributed by atoms with E-state index in [-0.39, 0.29) is 0 Å². The maximum atomic E-state index is 14.5. The Balaban J connectivity index is 8.21. The van der Waals surface area contributed by atoms with Gasteiger partial charge in [-0.15, -0.1) is 0 Å². The van der Waals surface area contributed by atoms with Crippen molar-refractivity contribution in [3.8, 4) is 0 Å². The molecule has 0 spiro atoms. The zero-order valence-electron chi connectivity index (χ0n) is 21.3. The second-order valence-corrected chi connectivity index (χ2v) is 10.4. The molecule has 0 amide bonds. The van der Waals surface area contributed by atoms with Crippen LogP contribution in [-0.4, -0.2) is 93.9 Å². The molecule has 0 saturated carbocycles. The van der Waals surface area contributed by atoms with E-state index in [1.54, 1.807) is 0 Å². The lowest BCUT2D eigenvalue weighted by Crippen LogP contribution is -2.77. The van der Waals surface area contributed by atoms with Crippen molar-refractivity contribution < 1.29 is 149 Å². The molecule has 0 aromatic carbocycles. The van der Waals surface area contributed by atoms with Gasteiger partial charge in [0, 0.05) is 0 Å². The van der Waals surface area contributed by atoms with E-state index in [1.807, 2.05) is 0 Å². The van der Waals surface area contributed by atoms with Gasteiger partial charge >= 0.3 is 93.9 Å². The zero-order valence-corrected chi connectivity index (χ0v) is 22.1. The Hall–Kier alpha value is -2.03. The average molecular weight is 870 g/mol. The number of hydrogen-bond acceptors (Lipinski definition) is 1. The van der Waals surface area contributed by atoms with Gasteiger partial charge in [-0.1, -0.05) is 0 Å². The van der Waals surface area contributed by atoms with E-state index in [9.17, 15) is 149 Å². The lowest BCUT2D eigenvalue weighted by molar-refractivity contribution is -0.452. The summed E-state index contributed by atoms with van der Waals surface area (Å²) in [4.78, 5) is 0. The third-order valence-corrected chi connectivity index (χ3v) is 7.22. The summed E-state index contributed by atoms with van der Waals surface area (Å²) in [6, 6.07) is 0. The molecule has 2 atom stereocenters. The van der Waals surface area contributed by atoms with Crippen LogP contribution in [0.15, 0.2) is 0 Å². The molecule has 2 unspecified atom stereocenters. The van der Waals surface area contributed by atoms with Crippen molar-refractivity contribution >= 4 is 11.8 Å². The second-order valence-electron chi connectivity index (χ2n) is 9.03. The molecular weight excluding hydrogens is 870 g/mol. The Bertz CT molecular complexity index is 1160. The first-order chi connectivity index (χ1) is 21.2. The minimum Gasteiger partial charge on any atom is -0.214 e. The average Bonchev–Trinajstić information content (AvgIpc) is 2.84. The van der Waals surface area contributed by atoms with Crippen molar-refractivity contribution in [3.63, 3.8) is 0 Å². The van der Waals surface area contributed by atoms with Crippen molar-refractivity contribution in [3.05, 3.63) is 0 Å². The van der Waals surface area contributed by atoms with Gasteiger partial charge in [0.2, 0.25) is 0 Å². The standard InChI is InChI=1S/C16F34S/c17-1(18,5(25,26)9(33,34)13(39,40)41)3(21,22)7(29,30)11(37,15(45,46)47)51-12(38,16(48,49)50)8(31,32)4(23,24)2(19,20)6(27,28)10(35,36)14(42,43)44. The van der Waals surface area contributed by atoms with Gasteiger partial charge < -0.3 is 0 Å². The first kappa shape index (κ1) is 49.0. The van der Waals surface area contributed by atoms with Crippen LogP contribution < -0.4 is 0 Å². The van der Waals surface area contributed by atoms with Crippen LogP contribution >= 0.6 is 11.8 Å². The van der Waals surface area contributed by atoms with Gasteiger partial charge in [-0.25, -0.2) is 8.78 Å². The fourth-order valence-corrected chi connectivity index (χ4v) is 3.87. The van der Waals surface area contributed by atoms with Crippen LogP contribution in [-0.2, 0) is 0 Å². The fraction of sp³-hybridized carbons (Fsp3) is 1.00. The van der Waals surface area contributed by atoms with Crippen molar-refractivity contribution in [2.24, 2.45) is 0 Å². The Labute approximate surface area is 256 Å². The molecule has 51 heavy (non-hydrogen) atoms. The van der Waals surface area contributed by atoms with E-state index in [0.717, 1.165) is 0 Å². The first-order valence-electron chi connectivity index (χ1n) is 10.3. The van der Waals surface area contributed by atoms with Gasteiger partial charge in [-0.2, -0.15) is 140 Å². The van der Waals surface area contributed by atoms with E-state index in [4.69, 9.17) is 0 Å². The van der Waals surface area contributed by atoms with Crippen molar-refractivity contribution in [2.45, 2.75) is 93.9 Å². The summed E-state index contributed by atoms with van der Waals surface area (Å²) in [7, 11) is 0. The SMILES string of the molecule is FC(F)(F)C(F)(F)C(F)(F)C(F)(F)C(F)(F)C(F)(F)C(F)(SC(F)(C(F)(F)F)C(F)(F)C(F)(F)C(F)(F)C(F)(F)C(F)(F)C(F)(F)F)C(F)(F)F. The number of thioether (sulfide) groups is 1. The van der Waals surface area contributed by atoms with Gasteiger partial charge in [-0.3, -0.25) is 0 Å². The summed E-state index contributed by atoms with van der Waals surface area (Å²) in [5, 5.41) is -19.4. The molecule has 0 aliphatic carbocycles. The molecular formula is C16F34S. The Morgan fingerprint density at radius 3 is 0.431 bits per heavy atom. The Kier molecular flexibility index (Phi) is 11.3. The molecule has 0 aliphatic heterocycles. The van der Waals surface area contributed by atoms with E-state index in [1.165, 1.54) is 0 Å². The molecule has 0 aliphatic rings. The molecule has 0 saturated heterocycles. The van der Waals surface area contributed by atoms with Gasteiger partial charge in [0.25, 0.3) is 0 Å². The minimum atomic E-state index is -10.0. The molecule has 0 bridgehead atoms. The van der Waals surface area contributed by atoms with E-state index >= 15 is 0 Å². The number of rotatable bonds is 12. The van der Waals surface area contributed by atoms with Crippen LogP contribution in [0.4, 0.5) is 149 Å². The smallest absolute Gasteiger partial charge is 0.214 e. The second kappa shape index (κ2) is 11.7. The van der Waals surface area contributed by atoms with E-state index in [2.05, 4.69) is 0 Å². The van der Waals surface area contributed by atoms with Gasteiger partial charge in [0.05, 0.1) is 0 Å². The predicted octanol–water partition coefficient (Wildman–Crippen LogP) is 11.7. The highest BCUT2D eigenvalue weighted by molar-refractivity contribution is 8.02. The van der Waals surface area contributed by atoms with E-state index < -0.39 is 106 Å². The maximum absolute atomic E-state index is 14.5. The topological polar surface area (TPSA) is 0 Å². The monoisotopic (exact) mass is 870 g/mol. The summed E-state index contributed by atoms with van der Waals surface area (Å²) in [5.74, 6) is -96.4. The quantitative estimate of drug-likeness (QED) is 0.176. The summed E-state index contributed by atoms with van der Waals surface area (Å²) < 4.78 is 451. The number of alkyl halides is 34. The highest BCUT2D eigenvalue weighted by Crippen LogP contribution is 2.72. The largest absolute Gasteiger partial charge is 0.460 e. The molecule has 0 aromatic heterocycles. The molecule has 0 radical (unpaired) electrons. The van der Waals surface area contributed by atoms with Gasteiger partial charge in [0.15, 0.2) is 0 Å². The third kappa shape index (κ3) is 6.00. The van der Waals surface area contributed by atoms with Crippen LogP contribution in [0, 0.1) is 0 Å². The van der Waals surface area contributed by atoms with Crippen LogP contribution in [0.1, 0.15) is 0 Å². The van der Waals surface area contributed by atoms with Crippen molar-refractivity contribution in [1.82, 2.24) is 0 Å². The molecule has 0 nitrogen and oxygen atoms in total. The van der Waals surface area contributed by atoms with Gasteiger partial charge in [-0.05, 0) is 11.8 Å². The van der Waals surface area contributed by atoms with Crippen LogP contribution in [0.2, 0.25) is 0 Å². The van der Waals surface area contributed by atoms with E-state index in [0.29, 0.717) is 0 Å². The molecule has 35 heteroatoms. The first-order valence-corrected chi connectivity index (χ1v) is 11.2.